The molecule has 2 heterocycles. The minimum atomic E-state index is -0.304. The Labute approximate surface area is 177 Å². The molecule has 4 aromatic rings. The highest BCUT2D eigenvalue weighted by Gasteiger charge is 2.21. The van der Waals surface area contributed by atoms with Crippen molar-refractivity contribution in [3.05, 3.63) is 75.6 Å². The van der Waals surface area contributed by atoms with Gasteiger partial charge in [0.05, 0.1) is 17.0 Å². The maximum Gasteiger partial charge on any atom is 0.278 e. The van der Waals surface area contributed by atoms with Crippen LogP contribution in [-0.2, 0) is 6.42 Å². The Bertz CT molecular complexity index is 1210. The van der Waals surface area contributed by atoms with Gasteiger partial charge in [0, 0.05) is 10.2 Å². The summed E-state index contributed by atoms with van der Waals surface area (Å²) in [5.74, 6) is -0.304. The number of hydrogen-bond donors (Lipinski definition) is 1. The normalized spacial score (nSPS) is 11.0. The van der Waals surface area contributed by atoms with Gasteiger partial charge in [-0.25, -0.2) is 4.52 Å². The number of benzene rings is 2. The number of carbonyl (C=O) groups is 1. The van der Waals surface area contributed by atoms with E-state index in [1.165, 1.54) is 0 Å². The molecule has 0 saturated carbocycles. The van der Waals surface area contributed by atoms with Crippen molar-refractivity contribution in [1.82, 2.24) is 19.8 Å². The van der Waals surface area contributed by atoms with Crippen LogP contribution in [0, 0.1) is 13.8 Å². The van der Waals surface area contributed by atoms with Crippen LogP contribution in [0.3, 0.4) is 0 Å². The van der Waals surface area contributed by atoms with Crippen molar-refractivity contribution in [3.63, 3.8) is 0 Å². The van der Waals surface area contributed by atoms with E-state index < -0.39 is 0 Å². The SMILES string of the molecule is CCc1nn2c(C)c(C(=O)Nc3cccc(C)c3)nnc2c1-c1ccc(Br)cc1. The van der Waals surface area contributed by atoms with Crippen molar-refractivity contribution in [2.45, 2.75) is 27.2 Å². The van der Waals surface area contributed by atoms with E-state index in [0.29, 0.717) is 11.3 Å². The van der Waals surface area contributed by atoms with Crippen molar-refractivity contribution in [3.8, 4) is 11.1 Å². The lowest BCUT2D eigenvalue weighted by Gasteiger charge is -2.08. The molecule has 6 nitrogen and oxygen atoms in total. The van der Waals surface area contributed by atoms with Gasteiger partial charge in [0.15, 0.2) is 11.3 Å². The van der Waals surface area contributed by atoms with Crippen LogP contribution in [0.1, 0.15) is 34.4 Å². The van der Waals surface area contributed by atoms with E-state index in [-0.39, 0.29) is 11.6 Å². The second-order valence-electron chi connectivity index (χ2n) is 6.88. The van der Waals surface area contributed by atoms with E-state index in [1.807, 2.05) is 62.4 Å². The first-order valence-corrected chi connectivity index (χ1v) is 10.2. The van der Waals surface area contributed by atoms with Gasteiger partial charge in [-0.05, 0) is 55.7 Å². The van der Waals surface area contributed by atoms with Crippen molar-refractivity contribution in [1.29, 1.82) is 0 Å². The molecule has 0 aliphatic carbocycles. The first-order valence-electron chi connectivity index (χ1n) is 9.36. The number of hydrogen-bond acceptors (Lipinski definition) is 4. The summed E-state index contributed by atoms with van der Waals surface area (Å²) in [5.41, 5.74) is 6.23. The van der Waals surface area contributed by atoms with Gasteiger partial charge < -0.3 is 5.32 Å². The fourth-order valence-corrected chi connectivity index (χ4v) is 3.60. The van der Waals surface area contributed by atoms with Crippen LogP contribution in [0.2, 0.25) is 0 Å². The molecule has 0 aliphatic heterocycles. The number of carbonyl (C=O) groups excluding carboxylic acids is 1. The van der Waals surface area contributed by atoms with Crippen LogP contribution in [-0.4, -0.2) is 25.7 Å². The van der Waals surface area contributed by atoms with Gasteiger partial charge >= 0.3 is 0 Å². The van der Waals surface area contributed by atoms with E-state index in [1.54, 1.807) is 4.52 Å². The van der Waals surface area contributed by atoms with Crippen LogP contribution in [0.5, 0.6) is 0 Å². The highest BCUT2D eigenvalue weighted by molar-refractivity contribution is 9.10. The van der Waals surface area contributed by atoms with Gasteiger partial charge in [0.2, 0.25) is 0 Å². The van der Waals surface area contributed by atoms with Gasteiger partial charge in [-0.15, -0.1) is 10.2 Å². The van der Waals surface area contributed by atoms with Crippen LogP contribution >= 0.6 is 15.9 Å². The predicted molar refractivity (Wildman–Crippen MR) is 117 cm³/mol. The number of halogens is 1. The summed E-state index contributed by atoms with van der Waals surface area (Å²) in [7, 11) is 0. The minimum absolute atomic E-state index is 0.256. The molecule has 1 N–H and O–H groups in total. The second kappa shape index (κ2) is 7.75. The number of aryl methyl sites for hydroxylation is 3. The van der Waals surface area contributed by atoms with Crippen molar-refractivity contribution >= 4 is 33.2 Å². The number of nitrogens with zero attached hydrogens (tertiary/aromatic N) is 4. The lowest BCUT2D eigenvalue weighted by molar-refractivity contribution is 0.102. The van der Waals surface area contributed by atoms with E-state index in [4.69, 9.17) is 5.10 Å². The fourth-order valence-electron chi connectivity index (χ4n) is 3.33. The zero-order valence-corrected chi connectivity index (χ0v) is 18.0. The van der Waals surface area contributed by atoms with Crippen LogP contribution < -0.4 is 5.32 Å². The highest BCUT2D eigenvalue weighted by Crippen LogP contribution is 2.29. The molecule has 29 heavy (non-hydrogen) atoms. The molecule has 0 fully saturated rings. The standard InChI is InChI=1S/C22H20BrN5O/c1-4-18-19(15-8-10-16(23)11-9-15)21-26-25-20(14(3)28(21)27-18)22(29)24-17-7-5-6-13(2)12-17/h5-12H,4H2,1-3H3,(H,24,29). The second-order valence-corrected chi connectivity index (χ2v) is 7.79. The van der Waals surface area contributed by atoms with Crippen LogP contribution in [0.25, 0.3) is 16.8 Å². The molecule has 0 aliphatic rings. The molecule has 0 unspecified atom stereocenters. The average Bonchev–Trinajstić information content (AvgIpc) is 3.08. The monoisotopic (exact) mass is 449 g/mol. The molecule has 7 heteroatoms. The Morgan fingerprint density at radius 2 is 1.86 bits per heavy atom. The molecule has 0 saturated heterocycles. The third kappa shape index (κ3) is 3.65. The minimum Gasteiger partial charge on any atom is -0.321 e. The smallest absolute Gasteiger partial charge is 0.278 e. The van der Waals surface area contributed by atoms with E-state index in [9.17, 15) is 4.79 Å². The molecule has 0 spiro atoms. The van der Waals surface area contributed by atoms with Crippen molar-refractivity contribution in [2.75, 3.05) is 5.32 Å². The van der Waals surface area contributed by atoms with Crippen LogP contribution in [0.15, 0.2) is 53.0 Å². The Hall–Kier alpha value is -3.06. The Morgan fingerprint density at radius 3 is 2.55 bits per heavy atom. The third-order valence-corrected chi connectivity index (χ3v) is 5.33. The summed E-state index contributed by atoms with van der Waals surface area (Å²) in [4.78, 5) is 12.8. The van der Waals surface area contributed by atoms with E-state index >= 15 is 0 Å². The van der Waals surface area contributed by atoms with Crippen molar-refractivity contribution < 1.29 is 4.79 Å². The molecule has 0 radical (unpaired) electrons. The van der Waals surface area contributed by atoms with Crippen LogP contribution in [0.4, 0.5) is 5.69 Å². The topological polar surface area (TPSA) is 72.2 Å². The molecule has 0 bridgehead atoms. The molecule has 1 amide bonds. The molecular weight excluding hydrogens is 430 g/mol. The Balaban J connectivity index is 1.78. The lowest BCUT2D eigenvalue weighted by Crippen LogP contribution is -2.18. The summed E-state index contributed by atoms with van der Waals surface area (Å²) in [6.07, 6.45) is 0.749. The summed E-state index contributed by atoms with van der Waals surface area (Å²) in [6, 6.07) is 15.7. The molecule has 4 rings (SSSR count). The fraction of sp³-hybridized carbons (Fsp3) is 0.182. The Morgan fingerprint density at radius 1 is 1.10 bits per heavy atom. The summed E-state index contributed by atoms with van der Waals surface area (Å²) < 4.78 is 2.72. The third-order valence-electron chi connectivity index (χ3n) is 4.80. The maximum absolute atomic E-state index is 12.8. The quantitative estimate of drug-likeness (QED) is 0.476. The molecule has 146 valence electrons. The van der Waals surface area contributed by atoms with E-state index in [2.05, 4.69) is 38.4 Å². The molecule has 2 aromatic heterocycles. The van der Waals surface area contributed by atoms with E-state index in [0.717, 1.165) is 39.0 Å². The molecule has 2 aromatic carbocycles. The highest BCUT2D eigenvalue weighted by atomic mass is 79.9. The first-order chi connectivity index (χ1) is 14.0. The summed E-state index contributed by atoms with van der Waals surface area (Å²) in [6.45, 7) is 5.87. The largest absolute Gasteiger partial charge is 0.321 e. The first kappa shape index (κ1) is 19.3. The van der Waals surface area contributed by atoms with Gasteiger partial charge in [-0.1, -0.05) is 47.1 Å². The summed E-state index contributed by atoms with van der Waals surface area (Å²) in [5, 5.41) is 16.2. The average molecular weight is 450 g/mol. The van der Waals surface area contributed by atoms with Gasteiger partial charge in [0.25, 0.3) is 5.91 Å². The number of aromatic nitrogens is 4. The molecular formula is C22H20BrN5O. The number of nitrogens with one attached hydrogen (secondary N) is 1. The van der Waals surface area contributed by atoms with Gasteiger partial charge in [-0.3, -0.25) is 4.79 Å². The van der Waals surface area contributed by atoms with Crippen molar-refractivity contribution in [2.24, 2.45) is 0 Å². The summed E-state index contributed by atoms with van der Waals surface area (Å²) >= 11 is 3.47. The van der Waals surface area contributed by atoms with Gasteiger partial charge in [0.1, 0.15) is 0 Å². The number of amides is 1. The zero-order valence-electron chi connectivity index (χ0n) is 16.4. The van der Waals surface area contributed by atoms with Gasteiger partial charge in [-0.2, -0.15) is 5.10 Å². The zero-order chi connectivity index (χ0) is 20.5. The maximum atomic E-state index is 12.8. The molecule has 0 atom stereocenters. The number of fused-ring (bicyclic) bond motifs is 1. The number of anilines is 1. The predicted octanol–water partition coefficient (Wildman–Crippen LogP) is 4.99. The Kier molecular flexibility index (Phi) is 5.15. The number of rotatable bonds is 4. The lowest BCUT2D eigenvalue weighted by atomic mass is 10.0.